The van der Waals surface area contributed by atoms with Crippen LogP contribution in [-0.4, -0.2) is 11.5 Å². The number of rotatable bonds is 3. The summed E-state index contributed by atoms with van der Waals surface area (Å²) in [4.78, 5) is 6.35. The van der Waals surface area contributed by atoms with Crippen molar-refractivity contribution in [2.75, 3.05) is 17.2 Å². The number of nitrogens with zero attached hydrogens (tertiary/aromatic N) is 2. The lowest BCUT2D eigenvalue weighted by Gasteiger charge is -2.24. The van der Waals surface area contributed by atoms with E-state index in [1.54, 1.807) is 6.20 Å². The van der Waals surface area contributed by atoms with Gasteiger partial charge in [0.25, 0.3) is 0 Å². The number of anilines is 3. The Morgan fingerprint density at radius 2 is 2.00 bits per heavy atom. The Labute approximate surface area is 102 Å². The first-order valence-corrected chi connectivity index (χ1v) is 5.76. The molecular formula is C14H17N3. The van der Waals surface area contributed by atoms with Gasteiger partial charge in [0, 0.05) is 18.4 Å². The SMILES string of the molecule is CCN(c1cncc(N)c1)c1ccccc1C. The van der Waals surface area contributed by atoms with E-state index in [1.807, 2.05) is 24.4 Å². The highest BCUT2D eigenvalue weighted by Crippen LogP contribution is 2.28. The lowest BCUT2D eigenvalue weighted by Crippen LogP contribution is -2.17. The maximum absolute atomic E-state index is 5.78. The van der Waals surface area contributed by atoms with Gasteiger partial charge in [-0.2, -0.15) is 0 Å². The van der Waals surface area contributed by atoms with Gasteiger partial charge in [0.1, 0.15) is 0 Å². The topological polar surface area (TPSA) is 42.2 Å². The van der Waals surface area contributed by atoms with E-state index in [0.29, 0.717) is 5.69 Å². The molecule has 0 amide bonds. The molecule has 1 aromatic carbocycles. The number of pyridine rings is 1. The number of nitrogens with two attached hydrogens (primary N) is 1. The molecule has 3 heteroatoms. The first-order chi connectivity index (χ1) is 8.22. The van der Waals surface area contributed by atoms with Gasteiger partial charge in [-0.1, -0.05) is 18.2 Å². The Balaban J connectivity index is 2.44. The maximum atomic E-state index is 5.78. The third kappa shape index (κ3) is 2.38. The van der Waals surface area contributed by atoms with Crippen LogP contribution in [0.3, 0.4) is 0 Å². The number of benzene rings is 1. The number of aryl methyl sites for hydroxylation is 1. The van der Waals surface area contributed by atoms with E-state index in [9.17, 15) is 0 Å². The molecule has 2 N–H and O–H groups in total. The van der Waals surface area contributed by atoms with Gasteiger partial charge in [0.05, 0.1) is 17.6 Å². The van der Waals surface area contributed by atoms with Crippen molar-refractivity contribution in [3.05, 3.63) is 48.3 Å². The Morgan fingerprint density at radius 3 is 2.65 bits per heavy atom. The van der Waals surface area contributed by atoms with E-state index >= 15 is 0 Å². The molecule has 0 radical (unpaired) electrons. The van der Waals surface area contributed by atoms with Crippen LogP contribution >= 0.6 is 0 Å². The van der Waals surface area contributed by atoms with Crippen LogP contribution in [0.5, 0.6) is 0 Å². The molecule has 0 atom stereocenters. The smallest absolute Gasteiger partial charge is 0.0617 e. The summed E-state index contributed by atoms with van der Waals surface area (Å²) in [5, 5.41) is 0. The second-order valence-corrected chi connectivity index (χ2v) is 4.01. The van der Waals surface area contributed by atoms with E-state index in [-0.39, 0.29) is 0 Å². The molecule has 0 fully saturated rings. The van der Waals surface area contributed by atoms with E-state index in [2.05, 4.69) is 35.9 Å². The van der Waals surface area contributed by atoms with Crippen LogP contribution in [0.2, 0.25) is 0 Å². The molecule has 0 spiro atoms. The summed E-state index contributed by atoms with van der Waals surface area (Å²) in [5.41, 5.74) is 9.94. The fourth-order valence-corrected chi connectivity index (χ4v) is 1.95. The molecule has 0 saturated heterocycles. The van der Waals surface area contributed by atoms with Crippen LogP contribution in [0.1, 0.15) is 12.5 Å². The molecule has 0 bridgehead atoms. The number of aromatic nitrogens is 1. The largest absolute Gasteiger partial charge is 0.397 e. The van der Waals surface area contributed by atoms with Gasteiger partial charge in [0.15, 0.2) is 0 Å². The minimum absolute atomic E-state index is 0.689. The van der Waals surface area contributed by atoms with Crippen molar-refractivity contribution < 1.29 is 0 Å². The Morgan fingerprint density at radius 1 is 1.24 bits per heavy atom. The maximum Gasteiger partial charge on any atom is 0.0617 e. The molecule has 2 rings (SSSR count). The monoisotopic (exact) mass is 227 g/mol. The third-order valence-electron chi connectivity index (χ3n) is 2.78. The van der Waals surface area contributed by atoms with Crippen molar-refractivity contribution in [1.82, 2.24) is 4.98 Å². The van der Waals surface area contributed by atoms with E-state index in [0.717, 1.165) is 12.2 Å². The molecule has 0 aliphatic heterocycles. The van der Waals surface area contributed by atoms with Crippen LogP contribution in [0.4, 0.5) is 17.1 Å². The Bertz CT molecular complexity index is 508. The molecule has 17 heavy (non-hydrogen) atoms. The standard InChI is InChI=1S/C14H17N3/c1-3-17(13-8-12(15)9-16-10-13)14-7-5-4-6-11(14)2/h4-10H,3,15H2,1-2H3. The molecular weight excluding hydrogens is 210 g/mol. The number of hydrogen-bond acceptors (Lipinski definition) is 3. The van der Waals surface area contributed by atoms with Crippen molar-refractivity contribution in [1.29, 1.82) is 0 Å². The van der Waals surface area contributed by atoms with Gasteiger partial charge in [0.2, 0.25) is 0 Å². The van der Waals surface area contributed by atoms with Gasteiger partial charge in [-0.15, -0.1) is 0 Å². The molecule has 1 heterocycles. The van der Waals surface area contributed by atoms with Gasteiger partial charge in [-0.05, 0) is 31.5 Å². The average Bonchev–Trinajstić information content (AvgIpc) is 2.33. The first kappa shape index (κ1) is 11.5. The van der Waals surface area contributed by atoms with Gasteiger partial charge in [-0.3, -0.25) is 4.98 Å². The highest BCUT2D eigenvalue weighted by Gasteiger charge is 2.09. The van der Waals surface area contributed by atoms with Crippen molar-refractivity contribution in [2.24, 2.45) is 0 Å². The summed E-state index contributed by atoms with van der Waals surface area (Å²) < 4.78 is 0. The molecule has 2 aromatic rings. The van der Waals surface area contributed by atoms with Crippen LogP contribution in [0.25, 0.3) is 0 Å². The van der Waals surface area contributed by atoms with Crippen LogP contribution < -0.4 is 10.6 Å². The summed E-state index contributed by atoms with van der Waals surface area (Å²) in [5.74, 6) is 0. The number of nitrogen functional groups attached to an aromatic ring is 1. The molecule has 1 aromatic heterocycles. The molecule has 88 valence electrons. The second kappa shape index (κ2) is 4.87. The predicted octanol–water partition coefficient (Wildman–Crippen LogP) is 3.13. The summed E-state index contributed by atoms with van der Waals surface area (Å²) in [6, 6.07) is 10.3. The highest BCUT2D eigenvalue weighted by molar-refractivity contribution is 5.67. The fourth-order valence-electron chi connectivity index (χ4n) is 1.95. The van der Waals surface area contributed by atoms with Crippen LogP contribution in [-0.2, 0) is 0 Å². The lowest BCUT2D eigenvalue weighted by molar-refractivity contribution is 1.01. The Kier molecular flexibility index (Phi) is 3.28. The number of para-hydroxylation sites is 1. The second-order valence-electron chi connectivity index (χ2n) is 4.01. The summed E-state index contributed by atoms with van der Waals surface area (Å²) in [6.45, 7) is 5.11. The zero-order valence-electron chi connectivity index (χ0n) is 10.2. The predicted molar refractivity (Wildman–Crippen MR) is 72.5 cm³/mol. The zero-order chi connectivity index (χ0) is 12.3. The molecule has 0 aliphatic rings. The summed E-state index contributed by atoms with van der Waals surface area (Å²) >= 11 is 0. The number of hydrogen-bond donors (Lipinski definition) is 1. The van der Waals surface area contributed by atoms with Crippen LogP contribution in [0.15, 0.2) is 42.7 Å². The van der Waals surface area contributed by atoms with Crippen molar-refractivity contribution in [3.8, 4) is 0 Å². The zero-order valence-corrected chi connectivity index (χ0v) is 10.2. The Hall–Kier alpha value is -2.03. The minimum atomic E-state index is 0.689. The van der Waals surface area contributed by atoms with Gasteiger partial charge >= 0.3 is 0 Å². The van der Waals surface area contributed by atoms with E-state index in [1.165, 1.54) is 11.3 Å². The minimum Gasteiger partial charge on any atom is -0.397 e. The molecule has 0 unspecified atom stereocenters. The van der Waals surface area contributed by atoms with Gasteiger partial charge < -0.3 is 10.6 Å². The molecule has 3 nitrogen and oxygen atoms in total. The van der Waals surface area contributed by atoms with Crippen molar-refractivity contribution in [3.63, 3.8) is 0 Å². The highest BCUT2D eigenvalue weighted by atomic mass is 15.1. The van der Waals surface area contributed by atoms with Gasteiger partial charge in [-0.25, -0.2) is 0 Å². The fraction of sp³-hybridized carbons (Fsp3) is 0.214. The molecule has 0 saturated carbocycles. The molecule has 0 aliphatic carbocycles. The van der Waals surface area contributed by atoms with Crippen molar-refractivity contribution in [2.45, 2.75) is 13.8 Å². The summed E-state index contributed by atoms with van der Waals surface area (Å²) in [7, 11) is 0. The van der Waals surface area contributed by atoms with E-state index < -0.39 is 0 Å². The summed E-state index contributed by atoms with van der Waals surface area (Å²) in [6.07, 6.45) is 3.50. The quantitative estimate of drug-likeness (QED) is 0.876. The first-order valence-electron chi connectivity index (χ1n) is 5.76. The van der Waals surface area contributed by atoms with E-state index in [4.69, 9.17) is 5.73 Å². The lowest BCUT2D eigenvalue weighted by atomic mass is 10.1. The average molecular weight is 227 g/mol. The van der Waals surface area contributed by atoms with Crippen LogP contribution in [0, 0.1) is 6.92 Å². The third-order valence-corrected chi connectivity index (χ3v) is 2.78. The van der Waals surface area contributed by atoms with Crippen molar-refractivity contribution >= 4 is 17.1 Å². The normalized spacial score (nSPS) is 10.2.